The Morgan fingerprint density at radius 1 is 1.50 bits per heavy atom. The van der Waals surface area contributed by atoms with Crippen LogP contribution in [-0.2, 0) is 4.79 Å². The molecule has 0 aliphatic carbocycles. The molecule has 0 aliphatic rings. The fourth-order valence-corrected chi connectivity index (χ4v) is 1.19. The lowest BCUT2D eigenvalue weighted by atomic mass is 10.1. The van der Waals surface area contributed by atoms with E-state index in [0.29, 0.717) is 6.29 Å². The Morgan fingerprint density at radius 2 is 2.25 bits per heavy atom. The average Bonchev–Trinajstić information content (AvgIpc) is 2.07. The molecule has 0 saturated carbocycles. The molecule has 0 radical (unpaired) electrons. The molecule has 0 heterocycles. The summed E-state index contributed by atoms with van der Waals surface area (Å²) < 4.78 is 0.919. The molecule has 0 atom stereocenters. The van der Waals surface area contributed by atoms with Crippen LogP contribution in [0.3, 0.4) is 0 Å². The second-order valence-electron chi connectivity index (χ2n) is 2.37. The van der Waals surface area contributed by atoms with E-state index in [0.717, 1.165) is 15.6 Å². The van der Waals surface area contributed by atoms with Crippen LogP contribution in [0.1, 0.15) is 11.1 Å². The molecule has 0 fully saturated rings. The molecule has 2 heteroatoms. The van der Waals surface area contributed by atoms with Crippen molar-refractivity contribution >= 4 is 22.2 Å². The van der Waals surface area contributed by atoms with E-state index in [1.807, 2.05) is 25.1 Å². The number of carbonyl (C=O) groups is 1. The van der Waals surface area contributed by atoms with Gasteiger partial charge in [-0.15, -0.1) is 0 Å². The second-order valence-corrected chi connectivity index (χ2v) is 3.22. The quantitative estimate of drug-likeness (QED) is 0.487. The molecule has 1 rings (SSSR count). The summed E-state index contributed by atoms with van der Waals surface area (Å²) in [6, 6.07) is 5.83. The van der Waals surface area contributed by atoms with Gasteiger partial charge in [0.15, 0.2) is 6.29 Å². The summed E-state index contributed by atoms with van der Waals surface area (Å²) >= 11 is 3.34. The Balaban J connectivity index is 3.13. The van der Waals surface area contributed by atoms with Gasteiger partial charge in [0.2, 0.25) is 0 Å². The summed E-state index contributed by atoms with van der Waals surface area (Å²) in [4.78, 5) is 9.99. The smallest absolute Gasteiger partial charge is 0.193 e. The van der Waals surface area contributed by atoms with Gasteiger partial charge in [0, 0.05) is 10.0 Å². The summed E-state index contributed by atoms with van der Waals surface area (Å²) in [5, 5.41) is 0. The molecule has 0 N–H and O–H groups in total. The first-order chi connectivity index (χ1) is 5.74. The van der Waals surface area contributed by atoms with E-state index in [2.05, 4.69) is 27.8 Å². The van der Waals surface area contributed by atoms with Crippen molar-refractivity contribution < 1.29 is 4.79 Å². The molecule has 0 aliphatic heterocycles. The van der Waals surface area contributed by atoms with E-state index in [1.54, 1.807) is 0 Å². The van der Waals surface area contributed by atoms with Crippen LogP contribution in [0.5, 0.6) is 0 Å². The van der Waals surface area contributed by atoms with E-state index in [1.165, 1.54) is 0 Å². The van der Waals surface area contributed by atoms with Crippen molar-refractivity contribution in [3.8, 4) is 11.8 Å². The van der Waals surface area contributed by atoms with Gasteiger partial charge in [-0.3, -0.25) is 4.79 Å². The van der Waals surface area contributed by atoms with Gasteiger partial charge in [0.05, 0.1) is 0 Å². The molecule has 12 heavy (non-hydrogen) atoms. The monoisotopic (exact) mass is 222 g/mol. The van der Waals surface area contributed by atoms with Crippen LogP contribution in [0.4, 0.5) is 0 Å². The summed E-state index contributed by atoms with van der Waals surface area (Å²) in [7, 11) is 0. The van der Waals surface area contributed by atoms with Crippen molar-refractivity contribution in [1.82, 2.24) is 0 Å². The van der Waals surface area contributed by atoms with Crippen molar-refractivity contribution in [2.45, 2.75) is 6.92 Å². The zero-order chi connectivity index (χ0) is 8.97. The van der Waals surface area contributed by atoms with Gasteiger partial charge in [-0.2, -0.15) is 0 Å². The third-order valence-electron chi connectivity index (χ3n) is 1.39. The number of halogens is 1. The first-order valence-corrected chi connectivity index (χ1v) is 4.24. The van der Waals surface area contributed by atoms with E-state index in [4.69, 9.17) is 0 Å². The van der Waals surface area contributed by atoms with Crippen molar-refractivity contribution in [3.05, 3.63) is 33.8 Å². The summed E-state index contributed by atoms with van der Waals surface area (Å²) in [5.74, 6) is 5.11. The number of hydrogen-bond acceptors (Lipinski definition) is 1. The van der Waals surface area contributed by atoms with Crippen LogP contribution < -0.4 is 0 Å². The van der Waals surface area contributed by atoms with Crippen LogP contribution in [0.2, 0.25) is 0 Å². The normalized spacial score (nSPS) is 8.50. The topological polar surface area (TPSA) is 17.1 Å². The Hall–Kier alpha value is -1.07. The molecule has 0 aromatic heterocycles. The molecular weight excluding hydrogens is 216 g/mol. The predicted octanol–water partition coefficient (Wildman–Crippen LogP) is 2.31. The highest BCUT2D eigenvalue weighted by molar-refractivity contribution is 9.10. The predicted molar refractivity (Wildman–Crippen MR) is 51.8 cm³/mol. The lowest BCUT2D eigenvalue weighted by Crippen LogP contribution is -1.79. The average molecular weight is 223 g/mol. The Morgan fingerprint density at radius 3 is 2.92 bits per heavy atom. The van der Waals surface area contributed by atoms with Gasteiger partial charge < -0.3 is 0 Å². The van der Waals surface area contributed by atoms with Gasteiger partial charge in [-0.1, -0.05) is 12.0 Å². The number of rotatable bonds is 0. The van der Waals surface area contributed by atoms with Crippen molar-refractivity contribution in [3.63, 3.8) is 0 Å². The first kappa shape index (κ1) is 9.02. The maximum Gasteiger partial charge on any atom is 0.193 e. The van der Waals surface area contributed by atoms with Crippen molar-refractivity contribution in [2.75, 3.05) is 0 Å². The third-order valence-corrected chi connectivity index (χ3v) is 2.08. The minimum atomic E-state index is 0.592. The van der Waals surface area contributed by atoms with E-state index < -0.39 is 0 Å². The van der Waals surface area contributed by atoms with Gasteiger partial charge in [-0.05, 0) is 46.5 Å². The fourth-order valence-electron chi connectivity index (χ4n) is 0.842. The third kappa shape index (κ3) is 2.21. The van der Waals surface area contributed by atoms with Gasteiger partial charge in [-0.25, -0.2) is 0 Å². The van der Waals surface area contributed by atoms with Gasteiger partial charge in [0.25, 0.3) is 0 Å². The number of hydrogen-bond donors (Lipinski definition) is 0. The van der Waals surface area contributed by atoms with Gasteiger partial charge in [0.1, 0.15) is 0 Å². The highest BCUT2D eigenvalue weighted by Crippen LogP contribution is 2.16. The number of aryl methyl sites for hydroxylation is 1. The molecule has 0 spiro atoms. The van der Waals surface area contributed by atoms with Crippen LogP contribution in [-0.4, -0.2) is 6.29 Å². The lowest BCUT2D eigenvalue weighted by Gasteiger charge is -1.96. The molecule has 0 saturated heterocycles. The van der Waals surface area contributed by atoms with Crippen molar-refractivity contribution in [2.24, 2.45) is 0 Å². The van der Waals surface area contributed by atoms with Crippen LogP contribution in [0.25, 0.3) is 0 Å². The zero-order valence-corrected chi connectivity index (χ0v) is 8.18. The highest BCUT2D eigenvalue weighted by Gasteiger charge is 1.94. The lowest BCUT2D eigenvalue weighted by molar-refractivity contribution is -0.103. The maximum atomic E-state index is 9.99. The summed E-state index contributed by atoms with van der Waals surface area (Å²) in [6.07, 6.45) is 0.592. The van der Waals surface area contributed by atoms with Crippen molar-refractivity contribution in [1.29, 1.82) is 0 Å². The standard InChI is InChI=1S/C10H7BrO/c1-8-4-5-10(11)9(7-8)3-2-6-12/h4-7H,1H3. The van der Waals surface area contributed by atoms with Gasteiger partial charge >= 0.3 is 0 Å². The molecule has 1 aromatic carbocycles. The second kappa shape index (κ2) is 4.08. The van der Waals surface area contributed by atoms with Crippen LogP contribution in [0.15, 0.2) is 22.7 Å². The number of aldehydes is 1. The maximum absolute atomic E-state index is 9.99. The Labute approximate surface area is 79.9 Å². The molecule has 1 nitrogen and oxygen atoms in total. The minimum Gasteiger partial charge on any atom is -0.289 e. The van der Waals surface area contributed by atoms with E-state index in [9.17, 15) is 4.79 Å². The summed E-state index contributed by atoms with van der Waals surface area (Å²) in [5.41, 5.74) is 1.98. The molecular formula is C10H7BrO. The Kier molecular flexibility index (Phi) is 3.07. The number of carbonyl (C=O) groups excluding carboxylic acids is 1. The van der Waals surface area contributed by atoms with Crippen LogP contribution >= 0.6 is 15.9 Å². The largest absolute Gasteiger partial charge is 0.289 e. The first-order valence-electron chi connectivity index (χ1n) is 3.45. The van der Waals surface area contributed by atoms with E-state index in [-0.39, 0.29) is 0 Å². The molecule has 0 unspecified atom stereocenters. The molecule has 1 aromatic rings. The highest BCUT2D eigenvalue weighted by atomic mass is 79.9. The SMILES string of the molecule is Cc1ccc(Br)c(C#CC=O)c1. The molecule has 0 bridgehead atoms. The van der Waals surface area contributed by atoms with E-state index >= 15 is 0 Å². The zero-order valence-electron chi connectivity index (χ0n) is 6.60. The Bertz CT molecular complexity index is 358. The minimum absolute atomic E-state index is 0.592. The molecule has 60 valence electrons. The van der Waals surface area contributed by atoms with Crippen LogP contribution in [0, 0.1) is 18.8 Å². The number of benzene rings is 1. The fraction of sp³-hybridized carbons (Fsp3) is 0.100. The summed E-state index contributed by atoms with van der Waals surface area (Å²) in [6.45, 7) is 1.98. The molecule has 0 amide bonds.